The van der Waals surface area contributed by atoms with Gasteiger partial charge in [-0.05, 0) is 83.8 Å². The molecule has 3 nitrogen and oxygen atoms in total. The summed E-state index contributed by atoms with van der Waals surface area (Å²) in [6.07, 6.45) is 14.3. The molecule has 1 saturated heterocycles. The van der Waals surface area contributed by atoms with Gasteiger partial charge >= 0.3 is 0 Å². The minimum absolute atomic E-state index is 0.167. The van der Waals surface area contributed by atoms with Gasteiger partial charge in [0.1, 0.15) is 0 Å². The summed E-state index contributed by atoms with van der Waals surface area (Å²) in [6, 6.07) is 9.09. The van der Waals surface area contributed by atoms with Crippen LogP contribution in [0.3, 0.4) is 0 Å². The Balaban J connectivity index is 1.61. The number of hydrogen-bond acceptors (Lipinski definition) is 3. The zero-order chi connectivity index (χ0) is 18.6. The van der Waals surface area contributed by atoms with E-state index in [4.69, 9.17) is 4.99 Å². The third-order valence-electron chi connectivity index (χ3n) is 5.81. The van der Waals surface area contributed by atoms with Crippen molar-refractivity contribution < 1.29 is 4.79 Å². The molecule has 3 aliphatic rings. The van der Waals surface area contributed by atoms with E-state index in [0.717, 1.165) is 28.5 Å². The quantitative estimate of drug-likeness (QED) is 0.369. The first-order valence-corrected chi connectivity index (χ1v) is 12.2. The van der Waals surface area contributed by atoms with Gasteiger partial charge in [0, 0.05) is 9.61 Å². The summed E-state index contributed by atoms with van der Waals surface area (Å²) in [7, 11) is 0. The largest absolute Gasteiger partial charge is 0.284 e. The van der Waals surface area contributed by atoms with Crippen LogP contribution < -0.4 is 0 Å². The number of carbonyl (C=O) groups is 1. The summed E-state index contributed by atoms with van der Waals surface area (Å²) in [5.41, 5.74) is 1.09. The van der Waals surface area contributed by atoms with Crippen LogP contribution in [0.5, 0.6) is 0 Å². The minimum atomic E-state index is 0.167. The number of aliphatic imine (C=N–C) groups is 1. The highest BCUT2D eigenvalue weighted by atomic mass is 127. The van der Waals surface area contributed by atoms with E-state index in [1.54, 1.807) is 11.8 Å². The number of rotatable bonds is 3. The van der Waals surface area contributed by atoms with Gasteiger partial charge in [0.05, 0.1) is 10.9 Å². The molecule has 1 aromatic carbocycles. The Morgan fingerprint density at radius 3 is 2.26 bits per heavy atom. The van der Waals surface area contributed by atoms with E-state index < -0.39 is 0 Å². The zero-order valence-electron chi connectivity index (χ0n) is 15.7. The Hall–Kier alpha value is -0.820. The molecule has 5 heteroatoms. The maximum atomic E-state index is 13.3. The molecule has 3 fully saturated rings. The van der Waals surface area contributed by atoms with E-state index in [2.05, 4.69) is 51.8 Å². The summed E-state index contributed by atoms with van der Waals surface area (Å²) in [5, 5.41) is 0.968. The second-order valence-corrected chi connectivity index (χ2v) is 10.1. The second kappa shape index (κ2) is 9.12. The molecule has 1 aliphatic heterocycles. The third kappa shape index (κ3) is 4.78. The minimum Gasteiger partial charge on any atom is -0.284 e. The summed E-state index contributed by atoms with van der Waals surface area (Å²) in [4.78, 5) is 21.3. The Kier molecular flexibility index (Phi) is 6.58. The molecule has 0 unspecified atom stereocenters. The van der Waals surface area contributed by atoms with Gasteiger partial charge in [0.2, 0.25) is 0 Å². The van der Waals surface area contributed by atoms with Crippen molar-refractivity contribution in [2.45, 2.75) is 76.3 Å². The van der Waals surface area contributed by atoms with Crippen LogP contribution in [0.4, 0.5) is 0 Å². The molecule has 0 bridgehead atoms. The average molecular weight is 494 g/mol. The molecule has 1 aromatic rings. The fourth-order valence-electron chi connectivity index (χ4n) is 4.31. The molecule has 0 spiro atoms. The summed E-state index contributed by atoms with van der Waals surface area (Å²) >= 11 is 3.91. The molecule has 2 aliphatic carbocycles. The SMILES string of the molecule is O=C1C(=Cc2ccc(I)cc2)SC(=NC2CCCCC2)N1C1CCCCC1. The molecule has 1 amide bonds. The van der Waals surface area contributed by atoms with Crippen molar-refractivity contribution in [3.63, 3.8) is 0 Å². The Morgan fingerprint density at radius 1 is 0.963 bits per heavy atom. The lowest BCUT2D eigenvalue weighted by Gasteiger charge is -2.31. The highest BCUT2D eigenvalue weighted by Gasteiger charge is 2.39. The fraction of sp³-hybridized carbons (Fsp3) is 0.545. The van der Waals surface area contributed by atoms with Gasteiger partial charge in [-0.15, -0.1) is 0 Å². The molecule has 0 N–H and O–H groups in total. The van der Waals surface area contributed by atoms with E-state index in [9.17, 15) is 4.79 Å². The first-order chi connectivity index (χ1) is 13.2. The van der Waals surface area contributed by atoms with Crippen LogP contribution >= 0.6 is 34.4 Å². The van der Waals surface area contributed by atoms with E-state index in [0.29, 0.717) is 12.1 Å². The zero-order valence-corrected chi connectivity index (χ0v) is 18.7. The second-order valence-electron chi connectivity index (χ2n) is 7.83. The molecule has 144 valence electrons. The van der Waals surface area contributed by atoms with Crippen LogP contribution in [0.15, 0.2) is 34.2 Å². The van der Waals surface area contributed by atoms with Crippen molar-refractivity contribution in [1.29, 1.82) is 0 Å². The Bertz CT molecular complexity index is 731. The van der Waals surface area contributed by atoms with Crippen molar-refractivity contribution in [2.24, 2.45) is 4.99 Å². The van der Waals surface area contributed by atoms with Crippen LogP contribution in [0, 0.1) is 3.57 Å². The summed E-state index contributed by atoms with van der Waals surface area (Å²) in [6.45, 7) is 0. The molecule has 0 radical (unpaired) electrons. The van der Waals surface area contributed by atoms with Crippen molar-refractivity contribution >= 4 is 51.5 Å². The predicted octanol–water partition coefficient (Wildman–Crippen LogP) is 6.23. The maximum absolute atomic E-state index is 13.3. The molecule has 1 heterocycles. The summed E-state index contributed by atoms with van der Waals surface area (Å²) < 4.78 is 1.21. The topological polar surface area (TPSA) is 32.7 Å². The fourth-order valence-corrected chi connectivity index (χ4v) is 5.78. The van der Waals surface area contributed by atoms with Crippen molar-refractivity contribution in [2.75, 3.05) is 0 Å². The third-order valence-corrected chi connectivity index (χ3v) is 7.53. The molecule has 4 rings (SSSR count). The number of benzene rings is 1. The Labute approximate surface area is 180 Å². The number of amides is 1. The molecule has 27 heavy (non-hydrogen) atoms. The van der Waals surface area contributed by atoms with E-state index in [1.165, 1.54) is 54.9 Å². The van der Waals surface area contributed by atoms with Gasteiger partial charge in [-0.25, -0.2) is 0 Å². The lowest BCUT2D eigenvalue weighted by molar-refractivity contribution is -0.124. The van der Waals surface area contributed by atoms with Gasteiger partial charge in [-0.1, -0.05) is 50.7 Å². The monoisotopic (exact) mass is 494 g/mol. The summed E-state index contributed by atoms with van der Waals surface area (Å²) in [5.74, 6) is 0.167. The number of hydrogen-bond donors (Lipinski definition) is 0. The highest BCUT2D eigenvalue weighted by Crippen LogP contribution is 2.38. The Morgan fingerprint density at radius 2 is 1.59 bits per heavy atom. The number of thioether (sulfide) groups is 1. The average Bonchev–Trinajstić information content (AvgIpc) is 3.00. The standard InChI is InChI=1S/C22H27IN2OS/c23-17-13-11-16(12-14-17)15-20-21(26)25(19-9-5-2-6-10-19)22(27-20)24-18-7-3-1-4-8-18/h11-15,18-19H,1-10H2. The van der Waals surface area contributed by atoms with Gasteiger partial charge < -0.3 is 0 Å². The lowest BCUT2D eigenvalue weighted by Crippen LogP contribution is -2.41. The highest BCUT2D eigenvalue weighted by molar-refractivity contribution is 14.1. The molecule has 0 atom stereocenters. The number of nitrogens with zero attached hydrogens (tertiary/aromatic N) is 2. The van der Waals surface area contributed by atoms with Gasteiger partial charge in [-0.3, -0.25) is 14.7 Å². The van der Waals surface area contributed by atoms with Crippen molar-refractivity contribution in [1.82, 2.24) is 4.90 Å². The molecular formula is C22H27IN2OS. The number of amidine groups is 1. The van der Waals surface area contributed by atoms with Crippen LogP contribution in [0.2, 0.25) is 0 Å². The molecule has 2 saturated carbocycles. The van der Waals surface area contributed by atoms with Crippen molar-refractivity contribution in [3.05, 3.63) is 38.3 Å². The van der Waals surface area contributed by atoms with Crippen LogP contribution in [0.25, 0.3) is 6.08 Å². The van der Waals surface area contributed by atoms with Crippen LogP contribution in [-0.2, 0) is 4.79 Å². The van der Waals surface area contributed by atoms with E-state index in [-0.39, 0.29) is 5.91 Å². The van der Waals surface area contributed by atoms with Gasteiger partial charge in [-0.2, -0.15) is 0 Å². The molecular weight excluding hydrogens is 467 g/mol. The number of carbonyl (C=O) groups excluding carboxylic acids is 1. The maximum Gasteiger partial charge on any atom is 0.266 e. The van der Waals surface area contributed by atoms with Gasteiger partial charge in [0.25, 0.3) is 5.91 Å². The number of halogens is 1. The normalized spacial score (nSPS) is 25.7. The first kappa shape index (κ1) is 19.5. The van der Waals surface area contributed by atoms with Crippen LogP contribution in [0.1, 0.15) is 69.8 Å². The van der Waals surface area contributed by atoms with E-state index in [1.807, 2.05) is 6.08 Å². The predicted molar refractivity (Wildman–Crippen MR) is 123 cm³/mol. The lowest BCUT2D eigenvalue weighted by atomic mass is 9.94. The first-order valence-electron chi connectivity index (χ1n) is 10.3. The molecule has 0 aromatic heterocycles. The van der Waals surface area contributed by atoms with Gasteiger partial charge in [0.15, 0.2) is 5.17 Å². The van der Waals surface area contributed by atoms with Crippen molar-refractivity contribution in [3.8, 4) is 0 Å². The smallest absolute Gasteiger partial charge is 0.266 e. The van der Waals surface area contributed by atoms with Crippen LogP contribution in [-0.4, -0.2) is 28.1 Å². The van der Waals surface area contributed by atoms with E-state index >= 15 is 0 Å².